The van der Waals surface area contributed by atoms with Crippen molar-refractivity contribution in [3.63, 3.8) is 0 Å². The van der Waals surface area contributed by atoms with Crippen molar-refractivity contribution in [3.05, 3.63) is 54.5 Å². The van der Waals surface area contributed by atoms with Crippen LogP contribution in [0, 0.1) is 11.3 Å². The Hall–Kier alpha value is -2.87. The number of nitrogens with zero attached hydrogens (tertiary/aromatic N) is 2. The number of benzene rings is 1. The van der Waals surface area contributed by atoms with E-state index in [2.05, 4.69) is 27.9 Å². The van der Waals surface area contributed by atoms with Gasteiger partial charge in [-0.3, -0.25) is 4.79 Å². The van der Waals surface area contributed by atoms with E-state index in [0.717, 1.165) is 11.3 Å². The van der Waals surface area contributed by atoms with Crippen LogP contribution in [0.2, 0.25) is 0 Å². The van der Waals surface area contributed by atoms with Gasteiger partial charge in [0, 0.05) is 5.56 Å². The molecule has 0 bridgehead atoms. The summed E-state index contributed by atoms with van der Waals surface area (Å²) in [5.41, 5.74) is 2.28. The highest BCUT2D eigenvalue weighted by molar-refractivity contribution is 5.86. The predicted molar refractivity (Wildman–Crippen MR) is 70.8 cm³/mol. The Morgan fingerprint density at radius 3 is 3.16 bits per heavy atom. The summed E-state index contributed by atoms with van der Waals surface area (Å²) in [6, 6.07) is 9.31. The van der Waals surface area contributed by atoms with Crippen molar-refractivity contribution in [1.82, 2.24) is 15.3 Å². The zero-order valence-corrected chi connectivity index (χ0v) is 10.2. The molecule has 5 heteroatoms. The monoisotopic (exact) mass is 252 g/mol. The van der Waals surface area contributed by atoms with Crippen LogP contribution in [0.15, 0.2) is 43.1 Å². The van der Waals surface area contributed by atoms with Crippen molar-refractivity contribution in [2.75, 3.05) is 0 Å². The lowest BCUT2D eigenvalue weighted by Gasteiger charge is -1.99. The van der Waals surface area contributed by atoms with E-state index in [0.29, 0.717) is 17.9 Å². The first-order valence-corrected chi connectivity index (χ1v) is 5.67. The molecule has 0 radical (unpaired) electrons. The third-order valence-electron chi connectivity index (χ3n) is 2.55. The van der Waals surface area contributed by atoms with Gasteiger partial charge in [0.25, 0.3) is 0 Å². The van der Waals surface area contributed by atoms with Crippen LogP contribution < -0.4 is 5.32 Å². The zero-order chi connectivity index (χ0) is 13.7. The first kappa shape index (κ1) is 12.6. The van der Waals surface area contributed by atoms with Crippen molar-refractivity contribution in [1.29, 1.82) is 5.26 Å². The average molecular weight is 252 g/mol. The quantitative estimate of drug-likeness (QED) is 0.813. The van der Waals surface area contributed by atoms with E-state index < -0.39 is 0 Å². The van der Waals surface area contributed by atoms with Crippen LogP contribution >= 0.6 is 0 Å². The topological polar surface area (TPSA) is 81.6 Å². The van der Waals surface area contributed by atoms with Crippen molar-refractivity contribution in [2.24, 2.45) is 0 Å². The first-order valence-electron chi connectivity index (χ1n) is 5.67. The lowest BCUT2D eigenvalue weighted by atomic mass is 10.1. The van der Waals surface area contributed by atoms with Gasteiger partial charge >= 0.3 is 0 Å². The van der Waals surface area contributed by atoms with E-state index in [1.807, 2.05) is 12.1 Å². The van der Waals surface area contributed by atoms with Gasteiger partial charge in [0.1, 0.15) is 5.82 Å². The molecule has 0 aliphatic heterocycles. The van der Waals surface area contributed by atoms with Crippen molar-refractivity contribution < 1.29 is 4.79 Å². The number of nitrogens with one attached hydrogen (secondary N) is 2. The van der Waals surface area contributed by atoms with Crippen LogP contribution in [0.25, 0.3) is 11.3 Å². The Kier molecular flexibility index (Phi) is 3.74. The second kappa shape index (κ2) is 5.65. The SMILES string of the molecule is C=CC(=O)NCc1ncc(-c2cccc(C#N)c2)[nH]1. The Bertz CT molecular complexity index is 651. The Morgan fingerprint density at radius 1 is 1.58 bits per heavy atom. The lowest BCUT2D eigenvalue weighted by molar-refractivity contribution is -0.116. The van der Waals surface area contributed by atoms with E-state index in [1.165, 1.54) is 6.08 Å². The predicted octanol–water partition coefficient (Wildman–Crippen LogP) is 1.75. The molecule has 1 aromatic carbocycles. The summed E-state index contributed by atoms with van der Waals surface area (Å²) in [5, 5.41) is 11.5. The fourth-order valence-electron chi connectivity index (χ4n) is 1.60. The second-order valence-corrected chi connectivity index (χ2v) is 3.86. The van der Waals surface area contributed by atoms with E-state index in [4.69, 9.17) is 5.26 Å². The van der Waals surface area contributed by atoms with Gasteiger partial charge < -0.3 is 10.3 Å². The van der Waals surface area contributed by atoms with Gasteiger partial charge in [0.15, 0.2) is 0 Å². The summed E-state index contributed by atoms with van der Waals surface area (Å²) in [5.74, 6) is 0.400. The molecule has 1 aromatic heterocycles. The number of aromatic nitrogens is 2. The van der Waals surface area contributed by atoms with Gasteiger partial charge in [-0.25, -0.2) is 4.98 Å². The van der Waals surface area contributed by atoms with Crippen LogP contribution in [-0.4, -0.2) is 15.9 Å². The fraction of sp³-hybridized carbons (Fsp3) is 0.0714. The highest BCUT2D eigenvalue weighted by Gasteiger charge is 2.04. The van der Waals surface area contributed by atoms with E-state index >= 15 is 0 Å². The molecule has 2 rings (SSSR count). The lowest BCUT2D eigenvalue weighted by Crippen LogP contribution is -2.20. The summed E-state index contributed by atoms with van der Waals surface area (Å²) < 4.78 is 0. The third-order valence-corrected chi connectivity index (χ3v) is 2.55. The fourth-order valence-corrected chi connectivity index (χ4v) is 1.60. The molecule has 0 atom stereocenters. The maximum absolute atomic E-state index is 11.0. The molecule has 94 valence electrons. The van der Waals surface area contributed by atoms with Gasteiger partial charge in [-0.2, -0.15) is 5.26 Å². The highest BCUT2D eigenvalue weighted by atomic mass is 16.1. The van der Waals surface area contributed by atoms with Crippen LogP contribution in [0.1, 0.15) is 11.4 Å². The normalized spacial score (nSPS) is 9.63. The summed E-state index contributed by atoms with van der Waals surface area (Å²) in [6.07, 6.45) is 2.88. The number of carbonyl (C=O) groups excluding carboxylic acids is 1. The summed E-state index contributed by atoms with van der Waals surface area (Å²) in [7, 11) is 0. The molecule has 19 heavy (non-hydrogen) atoms. The number of hydrogen-bond acceptors (Lipinski definition) is 3. The van der Waals surface area contributed by atoms with Gasteiger partial charge in [0.2, 0.25) is 5.91 Å². The molecular weight excluding hydrogens is 240 g/mol. The van der Waals surface area contributed by atoms with Gasteiger partial charge in [-0.05, 0) is 18.2 Å². The van der Waals surface area contributed by atoms with E-state index in [-0.39, 0.29) is 5.91 Å². The standard InChI is InChI=1S/C14H12N4O/c1-2-14(19)17-9-13-16-8-12(18-13)11-5-3-4-10(6-11)7-15/h2-6,8H,1,9H2,(H,16,18)(H,17,19). The molecule has 0 fully saturated rings. The van der Waals surface area contributed by atoms with Crippen molar-refractivity contribution >= 4 is 5.91 Å². The van der Waals surface area contributed by atoms with Gasteiger partial charge in [-0.15, -0.1) is 0 Å². The molecule has 0 unspecified atom stereocenters. The number of hydrogen-bond donors (Lipinski definition) is 2. The summed E-state index contributed by atoms with van der Waals surface area (Å²) in [6.45, 7) is 3.68. The maximum Gasteiger partial charge on any atom is 0.243 e. The van der Waals surface area contributed by atoms with Crippen molar-refractivity contribution in [3.8, 4) is 17.3 Å². The number of imidazole rings is 1. The number of rotatable bonds is 4. The number of aromatic amines is 1. The molecule has 0 saturated heterocycles. The number of amides is 1. The average Bonchev–Trinajstić information content (AvgIpc) is 2.93. The first-order chi connectivity index (χ1) is 9.22. The summed E-state index contributed by atoms with van der Waals surface area (Å²) >= 11 is 0. The Morgan fingerprint density at radius 2 is 2.42 bits per heavy atom. The van der Waals surface area contributed by atoms with Gasteiger partial charge in [0.05, 0.1) is 30.1 Å². The molecule has 2 N–H and O–H groups in total. The molecular formula is C14H12N4O. The molecule has 1 amide bonds. The molecule has 2 aromatic rings. The van der Waals surface area contributed by atoms with Crippen LogP contribution in [0.3, 0.4) is 0 Å². The molecule has 0 aliphatic rings. The van der Waals surface area contributed by atoms with E-state index in [1.54, 1.807) is 18.3 Å². The minimum Gasteiger partial charge on any atom is -0.345 e. The third kappa shape index (κ3) is 3.07. The van der Waals surface area contributed by atoms with Crippen LogP contribution in [0.5, 0.6) is 0 Å². The largest absolute Gasteiger partial charge is 0.345 e. The maximum atomic E-state index is 11.0. The Balaban J connectivity index is 2.14. The molecule has 5 nitrogen and oxygen atoms in total. The minimum atomic E-state index is -0.246. The van der Waals surface area contributed by atoms with Crippen LogP contribution in [-0.2, 0) is 11.3 Å². The highest BCUT2D eigenvalue weighted by Crippen LogP contribution is 2.18. The molecule has 0 spiro atoms. The van der Waals surface area contributed by atoms with E-state index in [9.17, 15) is 4.79 Å². The van der Waals surface area contributed by atoms with Crippen LogP contribution in [0.4, 0.5) is 0 Å². The molecule has 1 heterocycles. The molecule has 0 saturated carbocycles. The summed E-state index contributed by atoms with van der Waals surface area (Å²) in [4.78, 5) is 18.3. The smallest absolute Gasteiger partial charge is 0.243 e. The van der Waals surface area contributed by atoms with Crippen molar-refractivity contribution in [2.45, 2.75) is 6.54 Å². The Labute approximate surface area is 110 Å². The van der Waals surface area contributed by atoms with Gasteiger partial charge in [-0.1, -0.05) is 18.7 Å². The minimum absolute atomic E-state index is 0.246. The zero-order valence-electron chi connectivity index (χ0n) is 10.2. The second-order valence-electron chi connectivity index (χ2n) is 3.86. The number of carbonyl (C=O) groups is 1. The number of H-pyrrole nitrogens is 1. The molecule has 0 aliphatic carbocycles. The number of nitriles is 1.